The van der Waals surface area contributed by atoms with Crippen molar-refractivity contribution in [1.82, 2.24) is 0 Å². The van der Waals surface area contributed by atoms with Gasteiger partial charge < -0.3 is 4.74 Å². The van der Waals surface area contributed by atoms with Crippen LogP contribution in [0, 0.1) is 5.41 Å². The van der Waals surface area contributed by atoms with Gasteiger partial charge in [0, 0.05) is 0 Å². The maximum Gasteiger partial charge on any atom is 0.315 e. The number of benzene rings is 1. The summed E-state index contributed by atoms with van der Waals surface area (Å²) in [5.41, 5.74) is 1.05. The normalized spacial score (nSPS) is 10.9. The average Bonchev–Trinajstić information content (AvgIpc) is 2.28. The second-order valence-corrected chi connectivity index (χ2v) is 3.96. The van der Waals surface area contributed by atoms with Crippen molar-refractivity contribution in [2.45, 2.75) is 13.8 Å². The Balaban J connectivity index is 3.00. The summed E-state index contributed by atoms with van der Waals surface area (Å²) in [5, 5.41) is 0. The lowest BCUT2D eigenvalue weighted by molar-refractivity contribution is -0.147. The van der Waals surface area contributed by atoms with E-state index in [-0.39, 0.29) is 5.97 Å². The van der Waals surface area contributed by atoms with Gasteiger partial charge in [0.1, 0.15) is 0 Å². The van der Waals surface area contributed by atoms with Crippen LogP contribution >= 0.6 is 0 Å². The molecule has 2 heteroatoms. The minimum absolute atomic E-state index is 0.267. The zero-order valence-electron chi connectivity index (χ0n) is 9.41. The SMILES string of the molecule is C=C(c1ccccc1)C(C)(C)C(=O)OC. The van der Waals surface area contributed by atoms with Crippen molar-refractivity contribution in [1.29, 1.82) is 0 Å². The highest BCUT2D eigenvalue weighted by atomic mass is 16.5. The monoisotopic (exact) mass is 204 g/mol. The minimum Gasteiger partial charge on any atom is -0.468 e. The van der Waals surface area contributed by atoms with Gasteiger partial charge in [-0.05, 0) is 25.0 Å². The number of rotatable bonds is 3. The molecule has 0 bridgehead atoms. The van der Waals surface area contributed by atoms with Gasteiger partial charge in [-0.3, -0.25) is 4.79 Å². The van der Waals surface area contributed by atoms with E-state index >= 15 is 0 Å². The molecule has 1 aromatic rings. The Hall–Kier alpha value is -1.57. The predicted octanol–water partition coefficient (Wildman–Crippen LogP) is 2.90. The highest BCUT2D eigenvalue weighted by Crippen LogP contribution is 2.33. The van der Waals surface area contributed by atoms with E-state index in [1.807, 2.05) is 44.2 Å². The molecule has 15 heavy (non-hydrogen) atoms. The van der Waals surface area contributed by atoms with Crippen LogP contribution in [0.2, 0.25) is 0 Å². The van der Waals surface area contributed by atoms with E-state index in [9.17, 15) is 4.79 Å². The molecular weight excluding hydrogens is 188 g/mol. The van der Waals surface area contributed by atoms with E-state index in [4.69, 9.17) is 4.74 Å². The van der Waals surface area contributed by atoms with Crippen molar-refractivity contribution >= 4 is 11.5 Å². The van der Waals surface area contributed by atoms with Crippen molar-refractivity contribution < 1.29 is 9.53 Å². The first-order chi connectivity index (χ1) is 7.00. The molecule has 0 fully saturated rings. The fourth-order valence-corrected chi connectivity index (χ4v) is 1.38. The molecule has 0 heterocycles. The van der Waals surface area contributed by atoms with Gasteiger partial charge in [-0.2, -0.15) is 0 Å². The second-order valence-electron chi connectivity index (χ2n) is 3.96. The molecule has 80 valence electrons. The van der Waals surface area contributed by atoms with Crippen LogP contribution in [0.5, 0.6) is 0 Å². The lowest BCUT2D eigenvalue weighted by Crippen LogP contribution is -2.26. The van der Waals surface area contributed by atoms with Crippen molar-refractivity contribution in [3.8, 4) is 0 Å². The van der Waals surface area contributed by atoms with Gasteiger partial charge in [0.25, 0.3) is 0 Å². The number of esters is 1. The average molecular weight is 204 g/mol. The Bertz CT molecular complexity index is 363. The summed E-state index contributed by atoms with van der Waals surface area (Å²) in [6.45, 7) is 7.59. The molecule has 1 aromatic carbocycles. The highest BCUT2D eigenvalue weighted by molar-refractivity contribution is 5.91. The molecular formula is C13H16O2. The van der Waals surface area contributed by atoms with Gasteiger partial charge in [-0.1, -0.05) is 36.9 Å². The molecule has 0 spiro atoms. The fraction of sp³-hybridized carbons (Fsp3) is 0.308. The van der Waals surface area contributed by atoms with Crippen LogP contribution in [-0.2, 0) is 9.53 Å². The zero-order valence-corrected chi connectivity index (χ0v) is 9.41. The Labute approximate surface area is 90.6 Å². The molecule has 0 aromatic heterocycles. The van der Waals surface area contributed by atoms with Crippen LogP contribution in [0.25, 0.3) is 5.57 Å². The molecule has 0 N–H and O–H groups in total. The maximum absolute atomic E-state index is 11.6. The molecule has 0 unspecified atom stereocenters. The molecule has 0 aliphatic carbocycles. The lowest BCUT2D eigenvalue weighted by atomic mass is 9.81. The van der Waals surface area contributed by atoms with Gasteiger partial charge in [0.05, 0.1) is 12.5 Å². The van der Waals surface area contributed by atoms with Gasteiger partial charge in [-0.25, -0.2) is 0 Å². The molecule has 2 nitrogen and oxygen atoms in total. The number of hydrogen-bond acceptors (Lipinski definition) is 2. The standard InChI is InChI=1S/C13H16O2/c1-10(11-8-6-5-7-9-11)13(2,3)12(14)15-4/h5-9H,1H2,2-4H3. The highest BCUT2D eigenvalue weighted by Gasteiger charge is 2.32. The Morgan fingerprint density at radius 3 is 2.27 bits per heavy atom. The van der Waals surface area contributed by atoms with Crippen molar-refractivity contribution in [3.63, 3.8) is 0 Å². The second kappa shape index (κ2) is 4.30. The van der Waals surface area contributed by atoms with Gasteiger partial charge in [0.2, 0.25) is 0 Å². The molecule has 0 atom stereocenters. The quantitative estimate of drug-likeness (QED) is 0.708. The largest absolute Gasteiger partial charge is 0.468 e. The number of hydrogen-bond donors (Lipinski definition) is 0. The molecule has 0 radical (unpaired) electrons. The molecule has 0 aliphatic heterocycles. The van der Waals surface area contributed by atoms with E-state index < -0.39 is 5.41 Å². The van der Waals surface area contributed by atoms with Crippen LogP contribution in [0.3, 0.4) is 0 Å². The summed E-state index contributed by atoms with van der Waals surface area (Å²) in [4.78, 5) is 11.6. The predicted molar refractivity (Wildman–Crippen MR) is 61.3 cm³/mol. The number of methoxy groups -OCH3 is 1. The maximum atomic E-state index is 11.6. The number of carbonyl (C=O) groups is 1. The van der Waals surface area contributed by atoms with E-state index in [1.54, 1.807) is 0 Å². The summed E-state index contributed by atoms with van der Waals surface area (Å²) < 4.78 is 4.76. The fourth-order valence-electron chi connectivity index (χ4n) is 1.38. The first-order valence-corrected chi connectivity index (χ1v) is 4.83. The topological polar surface area (TPSA) is 26.3 Å². The van der Waals surface area contributed by atoms with E-state index in [0.29, 0.717) is 0 Å². The Morgan fingerprint density at radius 2 is 1.80 bits per heavy atom. The summed E-state index contributed by atoms with van der Waals surface area (Å²) in [6.07, 6.45) is 0. The first-order valence-electron chi connectivity index (χ1n) is 4.83. The van der Waals surface area contributed by atoms with Crippen LogP contribution in [0.1, 0.15) is 19.4 Å². The first kappa shape index (κ1) is 11.5. The molecule has 0 saturated carbocycles. The smallest absolute Gasteiger partial charge is 0.315 e. The van der Waals surface area contributed by atoms with E-state index in [2.05, 4.69) is 6.58 Å². The van der Waals surface area contributed by atoms with Gasteiger partial charge in [-0.15, -0.1) is 0 Å². The Kier molecular flexibility index (Phi) is 3.30. The molecule has 1 rings (SSSR count). The van der Waals surface area contributed by atoms with Gasteiger partial charge in [0.15, 0.2) is 0 Å². The van der Waals surface area contributed by atoms with Crippen LogP contribution in [0.4, 0.5) is 0 Å². The summed E-state index contributed by atoms with van der Waals surface area (Å²) in [6, 6.07) is 9.66. The van der Waals surface area contributed by atoms with Crippen LogP contribution in [-0.4, -0.2) is 13.1 Å². The molecule has 0 saturated heterocycles. The number of ether oxygens (including phenoxy) is 1. The minimum atomic E-state index is -0.684. The summed E-state index contributed by atoms with van der Waals surface area (Å²) in [7, 11) is 1.39. The zero-order chi connectivity index (χ0) is 11.5. The van der Waals surface area contributed by atoms with Gasteiger partial charge >= 0.3 is 5.97 Å². The lowest BCUT2D eigenvalue weighted by Gasteiger charge is -2.24. The van der Waals surface area contributed by atoms with Crippen LogP contribution < -0.4 is 0 Å². The summed E-state index contributed by atoms with van der Waals surface area (Å²) >= 11 is 0. The number of carbonyl (C=O) groups excluding carboxylic acids is 1. The third kappa shape index (κ3) is 2.27. The third-order valence-electron chi connectivity index (χ3n) is 2.57. The van der Waals surface area contributed by atoms with Crippen molar-refractivity contribution in [3.05, 3.63) is 42.5 Å². The third-order valence-corrected chi connectivity index (χ3v) is 2.57. The van der Waals surface area contributed by atoms with Crippen LogP contribution in [0.15, 0.2) is 36.9 Å². The van der Waals surface area contributed by atoms with E-state index in [0.717, 1.165) is 11.1 Å². The Morgan fingerprint density at radius 1 is 1.27 bits per heavy atom. The summed E-state index contributed by atoms with van der Waals surface area (Å²) in [5.74, 6) is -0.267. The van der Waals surface area contributed by atoms with Crippen molar-refractivity contribution in [2.24, 2.45) is 5.41 Å². The van der Waals surface area contributed by atoms with Crippen molar-refractivity contribution in [2.75, 3.05) is 7.11 Å². The molecule has 0 aliphatic rings. The van der Waals surface area contributed by atoms with E-state index in [1.165, 1.54) is 7.11 Å². The molecule has 0 amide bonds.